The Morgan fingerprint density at radius 2 is 1.88 bits per heavy atom. The molecule has 0 heterocycles. The maximum Gasteiger partial charge on any atom is 0.232 e. The summed E-state index contributed by atoms with van der Waals surface area (Å²) >= 11 is 6.04. The van der Waals surface area contributed by atoms with E-state index in [1.165, 1.54) is 24.4 Å². The molecule has 1 aliphatic rings. The fourth-order valence-electron chi connectivity index (χ4n) is 2.69. The lowest BCUT2D eigenvalue weighted by atomic mass is 9.97. The Morgan fingerprint density at radius 3 is 2.35 bits per heavy atom. The van der Waals surface area contributed by atoms with Gasteiger partial charge in [0.15, 0.2) is 11.6 Å². The predicted octanol–water partition coefficient (Wildman–Crippen LogP) is 2.73. The number of benzene rings is 1. The third-order valence-corrected chi connectivity index (χ3v) is 5.50. The highest BCUT2D eigenvalue weighted by atomic mass is 35.5. The SMILES string of the molecule is CCN(c1cc(Cl)ccc1C(=O)/C(=C/N(C)C)C(=O)C1CC1)S(C)(=O)=O. The molecule has 0 unspecified atom stereocenters. The second-order valence-electron chi connectivity index (χ2n) is 6.56. The molecule has 2 rings (SSSR count). The zero-order chi connectivity index (χ0) is 19.6. The van der Waals surface area contributed by atoms with Gasteiger partial charge in [0.2, 0.25) is 10.0 Å². The van der Waals surface area contributed by atoms with Crippen molar-refractivity contribution in [3.8, 4) is 0 Å². The van der Waals surface area contributed by atoms with Crippen LogP contribution in [0.3, 0.4) is 0 Å². The van der Waals surface area contributed by atoms with Crippen LogP contribution < -0.4 is 4.31 Å². The van der Waals surface area contributed by atoms with E-state index < -0.39 is 15.8 Å². The molecular formula is C18H23ClN2O4S. The molecule has 142 valence electrons. The summed E-state index contributed by atoms with van der Waals surface area (Å²) in [6.07, 6.45) is 4.11. The van der Waals surface area contributed by atoms with Crippen molar-refractivity contribution in [2.24, 2.45) is 5.92 Å². The Hall–Kier alpha value is -1.86. The lowest BCUT2D eigenvalue weighted by Crippen LogP contribution is -2.31. The molecule has 0 N–H and O–H groups in total. The van der Waals surface area contributed by atoms with Gasteiger partial charge >= 0.3 is 0 Å². The van der Waals surface area contributed by atoms with Crippen molar-refractivity contribution >= 4 is 38.9 Å². The number of anilines is 1. The molecule has 0 amide bonds. The number of rotatable bonds is 8. The van der Waals surface area contributed by atoms with Gasteiger partial charge in [0.25, 0.3) is 0 Å². The highest BCUT2D eigenvalue weighted by Crippen LogP contribution is 2.35. The van der Waals surface area contributed by atoms with Gasteiger partial charge in [-0.25, -0.2) is 8.42 Å². The van der Waals surface area contributed by atoms with E-state index in [0.717, 1.165) is 23.4 Å². The Bertz CT molecular complexity index is 858. The summed E-state index contributed by atoms with van der Waals surface area (Å²) in [4.78, 5) is 27.4. The molecule has 1 aromatic rings. The van der Waals surface area contributed by atoms with E-state index in [2.05, 4.69) is 0 Å². The molecule has 0 radical (unpaired) electrons. The van der Waals surface area contributed by atoms with Gasteiger partial charge in [0, 0.05) is 43.3 Å². The predicted molar refractivity (Wildman–Crippen MR) is 103 cm³/mol. The first-order valence-electron chi connectivity index (χ1n) is 8.30. The van der Waals surface area contributed by atoms with Crippen LogP contribution in [-0.4, -0.2) is 51.8 Å². The van der Waals surface area contributed by atoms with Gasteiger partial charge in [-0.2, -0.15) is 0 Å². The monoisotopic (exact) mass is 398 g/mol. The number of hydrogen-bond donors (Lipinski definition) is 0. The first-order chi connectivity index (χ1) is 12.1. The van der Waals surface area contributed by atoms with Crippen molar-refractivity contribution in [1.82, 2.24) is 4.90 Å². The summed E-state index contributed by atoms with van der Waals surface area (Å²) in [6.45, 7) is 1.81. The van der Waals surface area contributed by atoms with Crippen molar-refractivity contribution in [3.05, 3.63) is 40.6 Å². The Balaban J connectivity index is 2.59. The van der Waals surface area contributed by atoms with E-state index in [0.29, 0.717) is 5.02 Å². The summed E-state index contributed by atoms with van der Waals surface area (Å²) < 4.78 is 25.4. The summed E-state index contributed by atoms with van der Waals surface area (Å²) in [5.74, 6) is -0.825. The number of carbonyl (C=O) groups is 2. The van der Waals surface area contributed by atoms with E-state index in [1.54, 1.807) is 25.9 Å². The number of ketones is 2. The fraction of sp³-hybridized carbons (Fsp3) is 0.444. The molecule has 26 heavy (non-hydrogen) atoms. The van der Waals surface area contributed by atoms with Gasteiger partial charge in [-0.15, -0.1) is 0 Å². The third kappa shape index (κ3) is 4.65. The van der Waals surface area contributed by atoms with Crippen molar-refractivity contribution in [3.63, 3.8) is 0 Å². The first-order valence-corrected chi connectivity index (χ1v) is 10.5. The highest BCUT2D eigenvalue weighted by Gasteiger charge is 2.36. The largest absolute Gasteiger partial charge is 0.383 e. The number of sulfonamides is 1. The van der Waals surface area contributed by atoms with Gasteiger partial charge < -0.3 is 4.90 Å². The second-order valence-corrected chi connectivity index (χ2v) is 8.91. The summed E-state index contributed by atoms with van der Waals surface area (Å²) in [5.41, 5.74) is 0.384. The van der Waals surface area contributed by atoms with Gasteiger partial charge in [-0.1, -0.05) is 11.6 Å². The highest BCUT2D eigenvalue weighted by molar-refractivity contribution is 7.92. The number of halogens is 1. The van der Waals surface area contributed by atoms with E-state index >= 15 is 0 Å². The quantitative estimate of drug-likeness (QED) is 0.291. The van der Waals surface area contributed by atoms with Gasteiger partial charge in [0.1, 0.15) is 0 Å². The molecule has 1 fully saturated rings. The van der Waals surface area contributed by atoms with E-state index in [9.17, 15) is 18.0 Å². The van der Waals surface area contributed by atoms with Crippen LogP contribution in [0.25, 0.3) is 0 Å². The molecule has 0 atom stereocenters. The molecule has 0 aliphatic heterocycles. The van der Waals surface area contributed by atoms with E-state index in [4.69, 9.17) is 11.6 Å². The average Bonchev–Trinajstić information content (AvgIpc) is 3.35. The van der Waals surface area contributed by atoms with Gasteiger partial charge in [0.05, 0.1) is 17.5 Å². The van der Waals surface area contributed by atoms with Crippen LogP contribution in [0, 0.1) is 5.92 Å². The third-order valence-electron chi connectivity index (χ3n) is 4.01. The molecule has 1 aromatic carbocycles. The summed E-state index contributed by atoms with van der Waals surface area (Å²) in [6, 6.07) is 4.43. The molecule has 1 saturated carbocycles. The van der Waals surface area contributed by atoms with Crippen LogP contribution >= 0.6 is 11.6 Å². The van der Waals surface area contributed by atoms with Crippen molar-refractivity contribution in [1.29, 1.82) is 0 Å². The van der Waals surface area contributed by atoms with Crippen molar-refractivity contribution < 1.29 is 18.0 Å². The summed E-state index contributed by atoms with van der Waals surface area (Å²) in [5, 5.41) is 0.310. The number of Topliss-reactive ketones (excluding diaryl/α,β-unsaturated/α-hetero) is 2. The molecule has 1 aliphatic carbocycles. The van der Waals surface area contributed by atoms with Gasteiger partial charge in [-0.3, -0.25) is 13.9 Å². The lowest BCUT2D eigenvalue weighted by Gasteiger charge is -2.23. The second kappa shape index (κ2) is 7.80. The van der Waals surface area contributed by atoms with Crippen LogP contribution in [0.5, 0.6) is 0 Å². The molecule has 8 heteroatoms. The smallest absolute Gasteiger partial charge is 0.232 e. The molecule has 0 aromatic heterocycles. The Morgan fingerprint density at radius 1 is 1.27 bits per heavy atom. The standard InChI is InChI=1S/C18H23ClN2O4S/c1-5-21(26(4,24)25)16-10-13(19)8-9-14(16)18(23)15(11-20(2)3)17(22)12-6-7-12/h8-12H,5-7H2,1-4H3/b15-11+. The van der Waals surface area contributed by atoms with E-state index in [1.807, 2.05) is 0 Å². The summed E-state index contributed by atoms with van der Waals surface area (Å²) in [7, 11) is -0.152. The molecule has 0 spiro atoms. The molecule has 0 bridgehead atoms. The number of hydrogen-bond acceptors (Lipinski definition) is 5. The van der Waals surface area contributed by atoms with Crippen LogP contribution in [-0.2, 0) is 14.8 Å². The number of nitrogens with zero attached hydrogens (tertiary/aromatic N) is 2. The number of allylic oxidation sites excluding steroid dienone is 1. The number of carbonyl (C=O) groups excluding carboxylic acids is 2. The average molecular weight is 399 g/mol. The first kappa shape index (κ1) is 20.5. The molecule has 0 saturated heterocycles. The zero-order valence-corrected chi connectivity index (χ0v) is 16.9. The molecule has 6 nitrogen and oxygen atoms in total. The van der Waals surface area contributed by atoms with Crippen LogP contribution in [0.15, 0.2) is 30.0 Å². The molecular weight excluding hydrogens is 376 g/mol. The Kier molecular flexibility index (Phi) is 6.13. The van der Waals surface area contributed by atoms with Crippen LogP contribution in [0.1, 0.15) is 30.1 Å². The topological polar surface area (TPSA) is 74.8 Å². The fourth-order valence-corrected chi connectivity index (χ4v) is 3.83. The van der Waals surface area contributed by atoms with Crippen LogP contribution in [0.2, 0.25) is 5.02 Å². The van der Waals surface area contributed by atoms with E-state index in [-0.39, 0.29) is 35.1 Å². The minimum absolute atomic E-state index is 0.0608. The maximum absolute atomic E-state index is 13.2. The van der Waals surface area contributed by atoms with Crippen LogP contribution in [0.4, 0.5) is 5.69 Å². The lowest BCUT2D eigenvalue weighted by molar-refractivity contribution is -0.116. The van der Waals surface area contributed by atoms with Gasteiger partial charge in [-0.05, 0) is 38.0 Å². The minimum atomic E-state index is -3.61. The normalized spacial score (nSPS) is 14.9. The minimum Gasteiger partial charge on any atom is -0.383 e. The van der Waals surface area contributed by atoms with Crippen molar-refractivity contribution in [2.45, 2.75) is 19.8 Å². The zero-order valence-electron chi connectivity index (χ0n) is 15.3. The maximum atomic E-state index is 13.2. The van der Waals surface area contributed by atoms with Crippen molar-refractivity contribution in [2.75, 3.05) is 31.2 Å². The Labute approximate surface area is 159 Å².